The van der Waals surface area contributed by atoms with Gasteiger partial charge in [-0.2, -0.15) is 0 Å². The van der Waals surface area contributed by atoms with Gasteiger partial charge in [-0.1, -0.05) is 29.8 Å². The molecule has 0 amide bonds. The van der Waals surface area contributed by atoms with Crippen molar-refractivity contribution in [1.29, 1.82) is 0 Å². The number of benzene rings is 2. The lowest BCUT2D eigenvalue weighted by atomic mass is 10.2. The summed E-state index contributed by atoms with van der Waals surface area (Å²) in [4.78, 5) is 0. The Kier molecular flexibility index (Phi) is 3.49. The Hall–Kier alpha value is -1.74. The summed E-state index contributed by atoms with van der Waals surface area (Å²) < 4.78 is 18.3. The molecule has 0 fully saturated rings. The topological polar surface area (TPSA) is 35.2 Å². The largest absolute Gasteiger partial charge is 0.487 e. The van der Waals surface area contributed by atoms with E-state index >= 15 is 0 Å². The first-order valence-corrected chi connectivity index (χ1v) is 5.46. The summed E-state index contributed by atoms with van der Waals surface area (Å²) in [6.07, 6.45) is 0. The van der Waals surface area contributed by atoms with Crippen molar-refractivity contribution in [3.8, 4) is 5.75 Å². The predicted molar refractivity (Wildman–Crippen MR) is 66.6 cm³/mol. The van der Waals surface area contributed by atoms with E-state index in [0.717, 1.165) is 5.56 Å². The van der Waals surface area contributed by atoms with E-state index in [1.807, 2.05) is 18.2 Å². The van der Waals surface area contributed by atoms with Gasteiger partial charge < -0.3 is 10.5 Å². The number of nitrogen functional groups attached to an aromatic ring is 1. The molecule has 2 N–H and O–H groups in total. The van der Waals surface area contributed by atoms with Crippen molar-refractivity contribution in [1.82, 2.24) is 0 Å². The molecule has 0 radical (unpaired) electrons. The number of hydrogen-bond donors (Lipinski definition) is 1. The van der Waals surface area contributed by atoms with Gasteiger partial charge in [0.25, 0.3) is 0 Å². The van der Waals surface area contributed by atoms with E-state index < -0.39 is 0 Å². The van der Waals surface area contributed by atoms with Crippen molar-refractivity contribution in [3.63, 3.8) is 0 Å². The van der Waals surface area contributed by atoms with Crippen LogP contribution in [0.5, 0.6) is 5.75 Å². The van der Waals surface area contributed by atoms with Crippen LogP contribution in [-0.4, -0.2) is 0 Å². The zero-order chi connectivity index (χ0) is 12.3. The Morgan fingerprint density at radius 1 is 1.18 bits per heavy atom. The quantitative estimate of drug-likeness (QED) is 0.846. The SMILES string of the molecule is Nc1cc(F)ccc1OCc1ccccc1Cl. The van der Waals surface area contributed by atoms with Gasteiger partial charge in [0.15, 0.2) is 0 Å². The van der Waals surface area contributed by atoms with Crippen molar-refractivity contribution >= 4 is 17.3 Å². The van der Waals surface area contributed by atoms with Gasteiger partial charge in [-0.15, -0.1) is 0 Å². The number of rotatable bonds is 3. The van der Waals surface area contributed by atoms with E-state index in [4.69, 9.17) is 22.1 Å². The normalized spacial score (nSPS) is 10.2. The minimum absolute atomic E-state index is 0.275. The highest BCUT2D eigenvalue weighted by Gasteiger charge is 2.04. The summed E-state index contributed by atoms with van der Waals surface area (Å²) in [5, 5.41) is 0.633. The van der Waals surface area contributed by atoms with Gasteiger partial charge in [-0.3, -0.25) is 0 Å². The summed E-state index contributed by atoms with van der Waals surface area (Å²) in [5.41, 5.74) is 6.76. The van der Waals surface area contributed by atoms with E-state index in [1.54, 1.807) is 6.07 Å². The van der Waals surface area contributed by atoms with Gasteiger partial charge in [-0.25, -0.2) is 4.39 Å². The van der Waals surface area contributed by atoms with Crippen LogP contribution in [0.25, 0.3) is 0 Å². The van der Waals surface area contributed by atoms with Gasteiger partial charge in [0.1, 0.15) is 18.2 Å². The monoisotopic (exact) mass is 251 g/mol. The van der Waals surface area contributed by atoms with Gasteiger partial charge in [-0.05, 0) is 18.2 Å². The van der Waals surface area contributed by atoms with E-state index in [-0.39, 0.29) is 11.5 Å². The predicted octanol–water partition coefficient (Wildman–Crippen LogP) is 3.64. The summed E-state index contributed by atoms with van der Waals surface area (Å²) in [6.45, 7) is 0.301. The number of anilines is 1. The highest BCUT2D eigenvalue weighted by atomic mass is 35.5. The molecular weight excluding hydrogens is 241 g/mol. The van der Waals surface area contributed by atoms with Crippen molar-refractivity contribution in [3.05, 3.63) is 58.9 Å². The minimum atomic E-state index is -0.382. The van der Waals surface area contributed by atoms with E-state index in [2.05, 4.69) is 0 Å². The molecule has 0 atom stereocenters. The van der Waals surface area contributed by atoms with Crippen molar-refractivity contribution in [2.45, 2.75) is 6.61 Å². The first-order valence-electron chi connectivity index (χ1n) is 5.08. The molecule has 2 aromatic carbocycles. The molecule has 88 valence electrons. The zero-order valence-electron chi connectivity index (χ0n) is 8.99. The van der Waals surface area contributed by atoms with Gasteiger partial charge in [0, 0.05) is 16.7 Å². The maximum Gasteiger partial charge on any atom is 0.142 e. The summed E-state index contributed by atoms with van der Waals surface area (Å²) >= 11 is 5.98. The fourth-order valence-electron chi connectivity index (χ4n) is 1.42. The molecule has 2 rings (SSSR count). The van der Waals surface area contributed by atoms with Gasteiger partial charge in [0.05, 0.1) is 5.69 Å². The van der Waals surface area contributed by atoms with Crippen LogP contribution in [0.1, 0.15) is 5.56 Å². The highest BCUT2D eigenvalue weighted by molar-refractivity contribution is 6.31. The summed E-state index contributed by atoms with van der Waals surface area (Å²) in [5.74, 6) is 0.0684. The van der Waals surface area contributed by atoms with Crippen LogP contribution in [0.3, 0.4) is 0 Å². The second-order valence-corrected chi connectivity index (χ2v) is 3.97. The molecular formula is C13H11ClFNO. The molecule has 0 aliphatic carbocycles. The molecule has 2 nitrogen and oxygen atoms in total. The lowest BCUT2D eigenvalue weighted by Crippen LogP contribution is -1.99. The van der Waals surface area contributed by atoms with Crippen molar-refractivity contribution in [2.24, 2.45) is 0 Å². The van der Waals surface area contributed by atoms with Crippen LogP contribution >= 0.6 is 11.6 Å². The zero-order valence-corrected chi connectivity index (χ0v) is 9.75. The van der Waals surface area contributed by atoms with E-state index in [9.17, 15) is 4.39 Å². The van der Waals surface area contributed by atoms with E-state index in [0.29, 0.717) is 17.4 Å². The molecule has 17 heavy (non-hydrogen) atoms. The Morgan fingerprint density at radius 3 is 2.65 bits per heavy atom. The third-order valence-corrected chi connectivity index (χ3v) is 2.68. The highest BCUT2D eigenvalue weighted by Crippen LogP contribution is 2.24. The van der Waals surface area contributed by atoms with Crippen molar-refractivity contribution < 1.29 is 9.13 Å². The molecule has 2 aromatic rings. The van der Waals surface area contributed by atoms with Crippen molar-refractivity contribution in [2.75, 3.05) is 5.73 Å². The molecule has 0 aromatic heterocycles. The fraction of sp³-hybridized carbons (Fsp3) is 0.0769. The maximum absolute atomic E-state index is 12.8. The average molecular weight is 252 g/mol. The molecule has 0 spiro atoms. The number of halogens is 2. The van der Waals surface area contributed by atoms with Crippen LogP contribution in [-0.2, 0) is 6.61 Å². The number of ether oxygens (including phenoxy) is 1. The molecule has 0 unspecified atom stereocenters. The third kappa shape index (κ3) is 2.88. The molecule has 0 saturated heterocycles. The Labute approximate surface area is 104 Å². The average Bonchev–Trinajstić information content (AvgIpc) is 2.30. The van der Waals surface area contributed by atoms with Crippen LogP contribution in [0.2, 0.25) is 5.02 Å². The first kappa shape index (κ1) is 11.7. The second kappa shape index (κ2) is 5.06. The fourth-order valence-corrected chi connectivity index (χ4v) is 1.61. The molecule has 0 aliphatic heterocycles. The number of hydrogen-bond acceptors (Lipinski definition) is 2. The Morgan fingerprint density at radius 2 is 1.94 bits per heavy atom. The van der Waals surface area contributed by atoms with Crippen LogP contribution in [0, 0.1) is 5.82 Å². The molecule has 0 saturated carbocycles. The summed E-state index contributed by atoms with van der Waals surface area (Å²) in [6, 6.07) is 11.4. The molecule has 0 bridgehead atoms. The molecule has 4 heteroatoms. The van der Waals surface area contributed by atoms with Crippen LogP contribution < -0.4 is 10.5 Å². The smallest absolute Gasteiger partial charge is 0.142 e. The first-order chi connectivity index (χ1) is 8.16. The van der Waals surface area contributed by atoms with E-state index in [1.165, 1.54) is 18.2 Å². The van der Waals surface area contributed by atoms with Gasteiger partial charge >= 0.3 is 0 Å². The maximum atomic E-state index is 12.8. The lowest BCUT2D eigenvalue weighted by molar-refractivity contribution is 0.307. The van der Waals surface area contributed by atoms with Crippen LogP contribution in [0.4, 0.5) is 10.1 Å². The molecule has 0 aliphatic rings. The second-order valence-electron chi connectivity index (χ2n) is 3.56. The Balaban J connectivity index is 2.10. The third-order valence-electron chi connectivity index (χ3n) is 2.31. The molecule has 0 heterocycles. The van der Waals surface area contributed by atoms with Gasteiger partial charge in [0.2, 0.25) is 0 Å². The Bertz CT molecular complexity index is 531. The standard InChI is InChI=1S/C13H11ClFNO/c14-11-4-2-1-3-9(11)8-17-13-6-5-10(15)7-12(13)16/h1-7H,8,16H2. The van der Waals surface area contributed by atoms with Crippen LogP contribution in [0.15, 0.2) is 42.5 Å². The lowest BCUT2D eigenvalue weighted by Gasteiger charge is -2.09. The minimum Gasteiger partial charge on any atom is -0.487 e. The summed E-state index contributed by atoms with van der Waals surface area (Å²) in [7, 11) is 0. The number of nitrogens with two attached hydrogens (primary N) is 1.